The lowest BCUT2D eigenvalue weighted by molar-refractivity contribution is -0.156. The van der Waals surface area contributed by atoms with Gasteiger partial charge in [-0.1, -0.05) is 131 Å². The Morgan fingerprint density at radius 2 is 0.787 bits per heavy atom. The first kappa shape index (κ1) is 68.0. The van der Waals surface area contributed by atoms with E-state index in [2.05, 4.69) is 51.3 Å². The minimum absolute atomic E-state index is 0.0167. The van der Waals surface area contributed by atoms with Crippen LogP contribution in [0.15, 0.2) is 0 Å². The molecule has 0 radical (unpaired) electrons. The van der Waals surface area contributed by atoms with E-state index in [1.807, 2.05) is 0 Å². The molecule has 0 aromatic heterocycles. The van der Waals surface area contributed by atoms with E-state index in [1.165, 1.54) is 77.0 Å². The quantitative estimate of drug-likeness (QED) is 0.0245. The van der Waals surface area contributed by atoms with E-state index >= 15 is 0 Å². The minimum Gasteiger partial charge on any atom is -0.463 e. The largest absolute Gasteiger partial charge is 0.463 e. The molecule has 14 heteroatoms. The zero-order valence-corrected chi connectivity index (χ0v) is 48.8. The monoisotopic (exact) mass is 1060 g/mol. The van der Waals surface area contributed by atoms with Gasteiger partial charge in [-0.3, -0.25) is 24.0 Å². The molecule has 0 amide bonds. The number of hydrogen-bond donors (Lipinski definition) is 0. The van der Waals surface area contributed by atoms with Crippen LogP contribution in [0.2, 0.25) is 0 Å². The topological polar surface area (TPSA) is 164 Å². The minimum atomic E-state index is -0.377. The molecule has 0 spiro atoms. The molecule has 2 rings (SSSR count). The van der Waals surface area contributed by atoms with Gasteiger partial charge in [0.05, 0.1) is 37.7 Å². The van der Waals surface area contributed by atoms with Crippen LogP contribution in [0.3, 0.4) is 0 Å². The van der Waals surface area contributed by atoms with Gasteiger partial charge in [0, 0.05) is 39.7 Å². The van der Waals surface area contributed by atoms with E-state index in [0.29, 0.717) is 57.6 Å². The van der Waals surface area contributed by atoms with Gasteiger partial charge >= 0.3 is 29.8 Å². The highest BCUT2D eigenvalue weighted by atomic mass is 16.6. The van der Waals surface area contributed by atoms with Gasteiger partial charge < -0.3 is 43.0 Å². The van der Waals surface area contributed by atoms with Gasteiger partial charge in [0.25, 0.3) is 0 Å². The van der Waals surface area contributed by atoms with Gasteiger partial charge in [0.15, 0.2) is 0 Å². The van der Waals surface area contributed by atoms with Gasteiger partial charge in [-0.2, -0.15) is 0 Å². The van der Waals surface area contributed by atoms with Crippen LogP contribution in [0, 0.1) is 47.3 Å². The molecule has 2 aliphatic rings. The molecular weight excluding hydrogens is 953 g/mol. The van der Waals surface area contributed by atoms with Crippen LogP contribution in [0.5, 0.6) is 0 Å². The predicted molar refractivity (Wildman–Crippen MR) is 297 cm³/mol. The molecule has 0 aromatic rings. The SMILES string of the molecule is COCCOC(=O)CCN(CCCCCCN(CCC=O)CCC(=O)OCCOC(=O)C1CCC(CCCC(C)CCCC(C)C)CC1)CCC(=O)OCCOC(=O)C1CCC(CCCC(C)CCCC(C)C)CC1. The predicted octanol–water partition coefficient (Wildman–Crippen LogP) is 12.2. The molecule has 436 valence electrons. The molecular formula is C61H110N2O12. The third kappa shape index (κ3) is 36.6. The molecule has 2 unspecified atom stereocenters. The number of carbonyl (C=O) groups excluding carboxylic acids is 6. The molecule has 2 atom stereocenters. The first-order valence-corrected chi connectivity index (χ1v) is 30.4. The van der Waals surface area contributed by atoms with Crippen molar-refractivity contribution in [3.63, 3.8) is 0 Å². The molecule has 0 aromatic carbocycles. The normalized spacial score (nSPS) is 18.8. The first-order chi connectivity index (χ1) is 36.2. The van der Waals surface area contributed by atoms with Crippen molar-refractivity contribution in [2.24, 2.45) is 47.3 Å². The smallest absolute Gasteiger partial charge is 0.309 e. The maximum atomic E-state index is 12.8. The number of esters is 5. The molecule has 0 saturated heterocycles. The summed E-state index contributed by atoms with van der Waals surface area (Å²) in [6, 6.07) is 0. The Labute approximate surface area is 456 Å². The summed E-state index contributed by atoms with van der Waals surface area (Å²) in [6.45, 7) is 17.9. The number of rotatable bonds is 46. The lowest BCUT2D eigenvalue weighted by atomic mass is 9.79. The Morgan fingerprint density at radius 1 is 0.427 bits per heavy atom. The second-order valence-corrected chi connectivity index (χ2v) is 23.4. The summed E-state index contributed by atoms with van der Waals surface area (Å²) in [5.41, 5.74) is 0. The summed E-state index contributed by atoms with van der Waals surface area (Å²) in [4.78, 5) is 78.7. The summed E-state index contributed by atoms with van der Waals surface area (Å²) in [7, 11) is 1.55. The maximum Gasteiger partial charge on any atom is 0.309 e. The van der Waals surface area contributed by atoms with Crippen molar-refractivity contribution in [2.75, 3.05) is 86.0 Å². The zero-order chi connectivity index (χ0) is 54.9. The van der Waals surface area contributed by atoms with E-state index in [4.69, 9.17) is 28.4 Å². The van der Waals surface area contributed by atoms with Gasteiger partial charge in [-0.05, 0) is 113 Å². The van der Waals surface area contributed by atoms with Crippen LogP contribution in [0.1, 0.15) is 221 Å². The number of carbonyl (C=O) groups is 6. The fourth-order valence-electron chi connectivity index (χ4n) is 10.9. The Bertz CT molecular complexity index is 1490. The highest BCUT2D eigenvalue weighted by molar-refractivity contribution is 5.73. The zero-order valence-electron chi connectivity index (χ0n) is 48.8. The van der Waals surface area contributed by atoms with Crippen molar-refractivity contribution < 1.29 is 57.2 Å². The summed E-state index contributed by atoms with van der Waals surface area (Å²) in [5, 5.41) is 0. The molecule has 0 heterocycles. The van der Waals surface area contributed by atoms with Crippen LogP contribution in [0.4, 0.5) is 0 Å². The Hall–Kier alpha value is -3.10. The van der Waals surface area contributed by atoms with Crippen LogP contribution >= 0.6 is 0 Å². The van der Waals surface area contributed by atoms with Gasteiger partial charge in [0.1, 0.15) is 39.3 Å². The standard InChI is InChI=1S/C61H110N2O12/c1-49(2)17-12-19-51(5)21-14-23-53-25-29-55(30-26-53)60(68)74-47-45-72-58(66)33-39-62(38-16-42-64)36-10-8-9-11-37-63(40-34-57(65)71-44-43-70-7)41-35-59(67)73-46-48-75-61(69)56-31-27-54(28-32-56)24-15-22-52(6)20-13-18-50(3)4/h42,49-56H,8-41,43-48H2,1-7H3. The molecule has 2 aliphatic carbocycles. The van der Waals surface area contributed by atoms with Crippen molar-refractivity contribution in [1.82, 2.24) is 9.80 Å². The third-order valence-corrected chi connectivity index (χ3v) is 15.8. The van der Waals surface area contributed by atoms with Crippen molar-refractivity contribution >= 4 is 36.1 Å². The highest BCUT2D eigenvalue weighted by Gasteiger charge is 2.29. The molecule has 14 nitrogen and oxygen atoms in total. The van der Waals surface area contributed by atoms with E-state index in [0.717, 1.165) is 114 Å². The first-order valence-electron chi connectivity index (χ1n) is 30.4. The summed E-state index contributed by atoms with van der Waals surface area (Å²) in [5.74, 6) is 2.98. The fraction of sp³-hybridized carbons (Fsp3) is 0.902. The lowest BCUT2D eigenvalue weighted by Crippen LogP contribution is -2.31. The summed E-state index contributed by atoms with van der Waals surface area (Å²) in [6.07, 6.45) is 28.7. The van der Waals surface area contributed by atoms with E-state index < -0.39 is 0 Å². The maximum absolute atomic E-state index is 12.8. The molecule has 2 saturated carbocycles. The Morgan fingerprint density at radius 3 is 1.16 bits per heavy atom. The lowest BCUT2D eigenvalue weighted by Gasteiger charge is -2.27. The third-order valence-electron chi connectivity index (χ3n) is 15.8. The van der Waals surface area contributed by atoms with Gasteiger partial charge in [-0.15, -0.1) is 0 Å². The van der Waals surface area contributed by atoms with Crippen molar-refractivity contribution in [3.8, 4) is 0 Å². The molecule has 75 heavy (non-hydrogen) atoms. The van der Waals surface area contributed by atoms with Crippen molar-refractivity contribution in [1.29, 1.82) is 0 Å². The molecule has 2 fully saturated rings. The van der Waals surface area contributed by atoms with Crippen molar-refractivity contribution in [3.05, 3.63) is 0 Å². The highest BCUT2D eigenvalue weighted by Crippen LogP contribution is 2.35. The molecule has 0 N–H and O–H groups in total. The number of unbranched alkanes of at least 4 members (excludes halogenated alkanes) is 3. The number of nitrogens with zero attached hydrogens (tertiary/aromatic N) is 2. The van der Waals surface area contributed by atoms with Gasteiger partial charge in [0.2, 0.25) is 0 Å². The Kier molecular flexibility index (Phi) is 39.7. The number of methoxy groups -OCH3 is 1. The second kappa shape index (κ2) is 43.8. The second-order valence-electron chi connectivity index (χ2n) is 23.4. The average molecular weight is 1060 g/mol. The molecule has 0 aliphatic heterocycles. The number of hydrogen-bond acceptors (Lipinski definition) is 14. The fourth-order valence-corrected chi connectivity index (χ4v) is 10.9. The van der Waals surface area contributed by atoms with Crippen LogP contribution in [0.25, 0.3) is 0 Å². The average Bonchev–Trinajstić information content (AvgIpc) is 3.38. The molecule has 0 bridgehead atoms. The van der Waals surface area contributed by atoms with Crippen molar-refractivity contribution in [2.45, 2.75) is 221 Å². The Balaban J connectivity index is 1.62. The van der Waals surface area contributed by atoms with Crippen LogP contribution < -0.4 is 0 Å². The van der Waals surface area contributed by atoms with E-state index in [9.17, 15) is 28.8 Å². The van der Waals surface area contributed by atoms with Crippen LogP contribution in [-0.2, 0) is 57.2 Å². The van der Waals surface area contributed by atoms with E-state index in [-0.39, 0.29) is 94.0 Å². The van der Waals surface area contributed by atoms with Crippen LogP contribution in [-0.4, -0.2) is 132 Å². The van der Waals surface area contributed by atoms with E-state index in [1.54, 1.807) is 7.11 Å². The summed E-state index contributed by atoms with van der Waals surface area (Å²) >= 11 is 0. The summed E-state index contributed by atoms with van der Waals surface area (Å²) < 4.78 is 32.1. The number of aldehydes is 1. The van der Waals surface area contributed by atoms with Gasteiger partial charge in [-0.25, -0.2) is 0 Å². The number of ether oxygens (including phenoxy) is 6.